The molecule has 112 valence electrons. The molecule has 0 amide bonds. The van der Waals surface area contributed by atoms with E-state index in [9.17, 15) is 4.79 Å². The van der Waals surface area contributed by atoms with Crippen LogP contribution in [0, 0.1) is 11.8 Å². The number of aliphatic carboxylic acids is 1. The summed E-state index contributed by atoms with van der Waals surface area (Å²) in [7, 11) is 0. The van der Waals surface area contributed by atoms with Gasteiger partial charge >= 0.3 is 5.97 Å². The van der Waals surface area contributed by atoms with Gasteiger partial charge in [-0.05, 0) is 30.2 Å². The molecule has 0 atom stereocenters. The number of carboxylic acids is 1. The molecule has 22 heavy (non-hydrogen) atoms. The van der Waals surface area contributed by atoms with Gasteiger partial charge in [0.1, 0.15) is 0 Å². The van der Waals surface area contributed by atoms with Gasteiger partial charge < -0.3 is 10.8 Å². The standard InChI is InChI=1S/C16H14ClN3O2/c17-14-10-13(16(18)20-19-14)12-8-6-11(7-9-12)4-2-1-3-5-15(21)22/h6-10H,1,3,5H2,(H2,18,20)(H,21,22). The highest BCUT2D eigenvalue weighted by Gasteiger charge is 2.05. The molecule has 0 unspecified atom stereocenters. The maximum Gasteiger partial charge on any atom is 0.303 e. The summed E-state index contributed by atoms with van der Waals surface area (Å²) < 4.78 is 0. The average molecular weight is 316 g/mol. The number of aromatic nitrogens is 2. The molecule has 1 aromatic carbocycles. The van der Waals surface area contributed by atoms with Crippen molar-refractivity contribution < 1.29 is 9.90 Å². The van der Waals surface area contributed by atoms with Crippen LogP contribution in [0.5, 0.6) is 0 Å². The topological polar surface area (TPSA) is 89.1 Å². The van der Waals surface area contributed by atoms with Gasteiger partial charge in [-0.15, -0.1) is 10.2 Å². The van der Waals surface area contributed by atoms with E-state index in [1.807, 2.05) is 24.3 Å². The molecule has 6 heteroatoms. The number of unbranched alkanes of at least 4 members (excludes halogenated alkanes) is 1. The van der Waals surface area contributed by atoms with E-state index in [1.165, 1.54) is 0 Å². The Bertz CT molecular complexity index is 733. The Balaban J connectivity index is 2.06. The fourth-order valence-corrected chi connectivity index (χ4v) is 1.98. The lowest BCUT2D eigenvalue weighted by Gasteiger charge is -2.04. The van der Waals surface area contributed by atoms with Gasteiger partial charge in [0.15, 0.2) is 11.0 Å². The third-order valence-corrected chi connectivity index (χ3v) is 3.10. The zero-order chi connectivity index (χ0) is 15.9. The van der Waals surface area contributed by atoms with Crippen LogP contribution < -0.4 is 5.73 Å². The lowest BCUT2D eigenvalue weighted by Crippen LogP contribution is -1.96. The molecule has 0 aliphatic heterocycles. The first-order valence-electron chi connectivity index (χ1n) is 6.66. The summed E-state index contributed by atoms with van der Waals surface area (Å²) in [4.78, 5) is 10.4. The van der Waals surface area contributed by atoms with E-state index in [-0.39, 0.29) is 11.6 Å². The maximum absolute atomic E-state index is 10.4. The van der Waals surface area contributed by atoms with E-state index in [0.29, 0.717) is 18.7 Å². The zero-order valence-electron chi connectivity index (χ0n) is 11.7. The number of nitrogen functional groups attached to an aromatic ring is 1. The number of carboxylic acid groups (broad SMARTS) is 1. The fraction of sp³-hybridized carbons (Fsp3) is 0.188. The zero-order valence-corrected chi connectivity index (χ0v) is 12.5. The number of nitrogens with two attached hydrogens (primary N) is 1. The normalized spacial score (nSPS) is 9.86. The van der Waals surface area contributed by atoms with Gasteiger partial charge in [-0.2, -0.15) is 0 Å². The van der Waals surface area contributed by atoms with Crippen LogP contribution in [0.15, 0.2) is 30.3 Å². The van der Waals surface area contributed by atoms with Crippen molar-refractivity contribution in [2.45, 2.75) is 19.3 Å². The number of anilines is 1. The number of hydrogen-bond donors (Lipinski definition) is 2. The van der Waals surface area contributed by atoms with Crippen molar-refractivity contribution in [2.75, 3.05) is 5.73 Å². The highest BCUT2D eigenvalue weighted by molar-refractivity contribution is 6.29. The predicted molar refractivity (Wildman–Crippen MR) is 85.3 cm³/mol. The fourth-order valence-electron chi connectivity index (χ4n) is 1.83. The second-order valence-corrected chi connectivity index (χ2v) is 4.98. The van der Waals surface area contributed by atoms with E-state index in [1.54, 1.807) is 6.07 Å². The smallest absolute Gasteiger partial charge is 0.303 e. The van der Waals surface area contributed by atoms with Crippen LogP contribution in [0.3, 0.4) is 0 Å². The van der Waals surface area contributed by atoms with Crippen molar-refractivity contribution >= 4 is 23.4 Å². The Hall–Kier alpha value is -2.58. The number of carbonyl (C=O) groups is 1. The molecular weight excluding hydrogens is 302 g/mol. The number of rotatable bonds is 4. The van der Waals surface area contributed by atoms with Gasteiger partial charge in [0.05, 0.1) is 0 Å². The molecule has 3 N–H and O–H groups in total. The number of halogens is 1. The molecule has 0 saturated heterocycles. The van der Waals surface area contributed by atoms with E-state index in [0.717, 1.165) is 16.7 Å². The molecule has 1 aromatic heterocycles. The summed E-state index contributed by atoms with van der Waals surface area (Å²) in [6, 6.07) is 9.16. The molecule has 1 heterocycles. The van der Waals surface area contributed by atoms with Crippen LogP contribution in [-0.4, -0.2) is 21.3 Å². The second-order valence-electron chi connectivity index (χ2n) is 4.59. The molecule has 0 aliphatic carbocycles. The first-order valence-corrected chi connectivity index (χ1v) is 7.04. The number of benzene rings is 1. The van der Waals surface area contributed by atoms with E-state index in [4.69, 9.17) is 22.4 Å². The Morgan fingerprint density at radius 2 is 2.00 bits per heavy atom. The molecule has 2 aromatic rings. The highest BCUT2D eigenvalue weighted by atomic mass is 35.5. The summed E-state index contributed by atoms with van der Waals surface area (Å²) in [5.74, 6) is 5.47. The van der Waals surface area contributed by atoms with Crippen LogP contribution in [-0.2, 0) is 4.79 Å². The molecule has 0 saturated carbocycles. The SMILES string of the molecule is Nc1nnc(Cl)cc1-c1ccc(C#CCCCC(=O)O)cc1. The molecular formula is C16H14ClN3O2. The van der Waals surface area contributed by atoms with Crippen LogP contribution in [0.25, 0.3) is 11.1 Å². The van der Waals surface area contributed by atoms with Gasteiger partial charge in [-0.1, -0.05) is 35.6 Å². The van der Waals surface area contributed by atoms with Gasteiger partial charge in [0.25, 0.3) is 0 Å². The van der Waals surface area contributed by atoms with Gasteiger partial charge in [-0.25, -0.2) is 0 Å². The first-order chi connectivity index (χ1) is 10.6. The molecule has 0 spiro atoms. The first kappa shape index (κ1) is 15.8. The molecule has 0 aliphatic rings. The maximum atomic E-state index is 10.4. The minimum absolute atomic E-state index is 0.142. The van der Waals surface area contributed by atoms with Crippen LogP contribution in [0.1, 0.15) is 24.8 Å². The summed E-state index contributed by atoms with van der Waals surface area (Å²) in [5.41, 5.74) is 8.25. The Morgan fingerprint density at radius 1 is 1.27 bits per heavy atom. The Labute approximate surface area is 133 Å². The monoisotopic (exact) mass is 315 g/mol. The number of nitrogens with zero attached hydrogens (tertiary/aromatic N) is 2. The lowest BCUT2D eigenvalue weighted by molar-refractivity contribution is -0.137. The van der Waals surface area contributed by atoms with Crippen molar-refractivity contribution in [2.24, 2.45) is 0 Å². The predicted octanol–water partition coefficient (Wildman–Crippen LogP) is 2.99. The van der Waals surface area contributed by atoms with E-state index < -0.39 is 5.97 Å². The van der Waals surface area contributed by atoms with Crippen molar-refractivity contribution in [3.63, 3.8) is 0 Å². The van der Waals surface area contributed by atoms with E-state index >= 15 is 0 Å². The van der Waals surface area contributed by atoms with Gasteiger partial charge in [-0.3, -0.25) is 4.79 Å². The molecule has 0 radical (unpaired) electrons. The van der Waals surface area contributed by atoms with E-state index in [2.05, 4.69) is 22.0 Å². The Kier molecular flexibility index (Phi) is 5.34. The summed E-state index contributed by atoms with van der Waals surface area (Å²) in [6.07, 6.45) is 1.26. The Morgan fingerprint density at radius 3 is 2.68 bits per heavy atom. The summed E-state index contributed by atoms with van der Waals surface area (Å²) in [6.45, 7) is 0. The molecule has 0 bridgehead atoms. The van der Waals surface area contributed by atoms with Crippen molar-refractivity contribution in [3.05, 3.63) is 41.0 Å². The minimum Gasteiger partial charge on any atom is -0.481 e. The van der Waals surface area contributed by atoms with Crippen molar-refractivity contribution in [3.8, 4) is 23.0 Å². The third kappa shape index (κ3) is 4.47. The summed E-state index contributed by atoms with van der Waals surface area (Å²) >= 11 is 5.83. The minimum atomic E-state index is -0.798. The quantitative estimate of drug-likeness (QED) is 0.668. The highest BCUT2D eigenvalue weighted by Crippen LogP contribution is 2.25. The van der Waals surface area contributed by atoms with Gasteiger partial charge in [0, 0.05) is 24.0 Å². The van der Waals surface area contributed by atoms with Crippen molar-refractivity contribution in [1.82, 2.24) is 10.2 Å². The third-order valence-electron chi connectivity index (χ3n) is 2.91. The lowest BCUT2D eigenvalue weighted by atomic mass is 10.1. The van der Waals surface area contributed by atoms with Gasteiger partial charge in [0.2, 0.25) is 0 Å². The second kappa shape index (κ2) is 7.43. The number of hydrogen-bond acceptors (Lipinski definition) is 4. The van der Waals surface area contributed by atoms with Crippen LogP contribution in [0.4, 0.5) is 5.82 Å². The van der Waals surface area contributed by atoms with Crippen LogP contribution in [0.2, 0.25) is 5.15 Å². The average Bonchev–Trinajstić information content (AvgIpc) is 2.50. The molecule has 5 nitrogen and oxygen atoms in total. The summed E-state index contributed by atoms with van der Waals surface area (Å²) in [5, 5.41) is 16.3. The molecule has 0 fully saturated rings. The largest absolute Gasteiger partial charge is 0.481 e. The van der Waals surface area contributed by atoms with Crippen LogP contribution >= 0.6 is 11.6 Å². The molecule has 2 rings (SSSR count). The van der Waals surface area contributed by atoms with Crippen molar-refractivity contribution in [1.29, 1.82) is 0 Å².